The summed E-state index contributed by atoms with van der Waals surface area (Å²) in [6, 6.07) is 2.94. The molecule has 0 fully saturated rings. The fraction of sp³-hybridized carbons (Fsp3) is 0.167. The molecule has 1 N–H and O–H groups in total. The Morgan fingerprint density at radius 3 is 2.29 bits per heavy atom. The average molecular weight is 528 g/mol. The monoisotopic (exact) mass is 525 g/mol. The maximum Gasteiger partial charge on any atom is 0.360 e. The van der Waals surface area contributed by atoms with Crippen molar-refractivity contribution in [3.63, 3.8) is 0 Å². The van der Waals surface area contributed by atoms with E-state index < -0.39 is 11.9 Å². The van der Waals surface area contributed by atoms with E-state index in [1.165, 1.54) is 30.1 Å². The van der Waals surface area contributed by atoms with Gasteiger partial charge < -0.3 is 19.2 Å². The number of benzene rings is 1. The van der Waals surface area contributed by atoms with E-state index in [1.54, 1.807) is 7.05 Å². The van der Waals surface area contributed by atoms with Crippen molar-refractivity contribution in [2.75, 3.05) is 12.4 Å². The lowest BCUT2D eigenvalue weighted by Crippen LogP contribution is -2.14. The summed E-state index contributed by atoms with van der Waals surface area (Å²) >= 11 is 30.2. The van der Waals surface area contributed by atoms with Crippen LogP contribution in [0.15, 0.2) is 22.7 Å². The fourth-order valence-electron chi connectivity index (χ4n) is 2.44. The van der Waals surface area contributed by atoms with Crippen LogP contribution in [0, 0.1) is 0 Å². The number of ether oxygens (including phenoxy) is 2. The fourth-order valence-corrected chi connectivity index (χ4v) is 3.67. The van der Waals surface area contributed by atoms with Crippen LogP contribution < -0.4 is 10.1 Å². The van der Waals surface area contributed by atoms with Crippen LogP contribution in [0.25, 0.3) is 0 Å². The van der Waals surface area contributed by atoms with Crippen LogP contribution in [-0.4, -0.2) is 28.8 Å². The molecule has 13 heteroatoms. The Morgan fingerprint density at radius 2 is 1.68 bits per heavy atom. The van der Waals surface area contributed by atoms with Gasteiger partial charge in [-0.15, -0.1) is 0 Å². The summed E-state index contributed by atoms with van der Waals surface area (Å²) < 4.78 is 17.0. The molecule has 1 aromatic carbocycles. The van der Waals surface area contributed by atoms with Gasteiger partial charge in [-0.05, 0) is 12.1 Å². The number of aryl methyl sites for hydroxylation is 1. The largest absolute Gasteiger partial charge is 0.482 e. The number of hydrogen-bond donors (Lipinski definition) is 1. The zero-order valence-electron chi connectivity index (χ0n) is 15.8. The van der Waals surface area contributed by atoms with Crippen LogP contribution in [0.4, 0.5) is 5.69 Å². The standard InChI is InChI=1S/C18H12Cl5N3O5/c1-26-5-8(15(25-26)18(28)29-2)24-17(27)9-4-3-7(31-9)6-30-16-13(22)11(20)10(19)12(21)14(16)23/h3-5H,6H2,1-2H3,(H,24,27). The lowest BCUT2D eigenvalue weighted by molar-refractivity contribution is 0.0594. The van der Waals surface area contributed by atoms with Gasteiger partial charge in [-0.2, -0.15) is 5.10 Å². The van der Waals surface area contributed by atoms with Crippen LogP contribution in [0.1, 0.15) is 26.8 Å². The summed E-state index contributed by atoms with van der Waals surface area (Å²) in [5.41, 5.74) is 0.117. The number of nitrogens with one attached hydrogen (secondary N) is 1. The lowest BCUT2D eigenvalue weighted by Gasteiger charge is -2.12. The van der Waals surface area contributed by atoms with Crippen molar-refractivity contribution in [3.8, 4) is 5.75 Å². The second-order valence-electron chi connectivity index (χ2n) is 5.96. The minimum absolute atomic E-state index is 0.00404. The van der Waals surface area contributed by atoms with Crippen LogP contribution >= 0.6 is 58.0 Å². The molecule has 0 saturated heterocycles. The second kappa shape index (κ2) is 9.58. The molecule has 0 unspecified atom stereocenters. The van der Waals surface area contributed by atoms with Crippen LogP contribution in [0.5, 0.6) is 5.75 Å². The van der Waals surface area contributed by atoms with Gasteiger partial charge in [0, 0.05) is 13.2 Å². The summed E-state index contributed by atoms with van der Waals surface area (Å²) in [5, 5.41) is 6.45. The van der Waals surface area contributed by atoms with Crippen molar-refractivity contribution < 1.29 is 23.5 Å². The second-order valence-corrected chi connectivity index (χ2v) is 7.85. The first kappa shape index (κ1) is 23.6. The molecule has 0 saturated carbocycles. The van der Waals surface area contributed by atoms with E-state index in [2.05, 4.69) is 15.2 Å². The summed E-state index contributed by atoms with van der Waals surface area (Å²) in [4.78, 5) is 24.3. The van der Waals surface area contributed by atoms with E-state index in [0.717, 1.165) is 0 Å². The maximum absolute atomic E-state index is 12.5. The molecule has 3 aromatic rings. The third-order valence-electron chi connectivity index (χ3n) is 3.87. The Bertz CT molecular complexity index is 1140. The third kappa shape index (κ3) is 4.88. The zero-order chi connectivity index (χ0) is 22.9. The summed E-state index contributed by atoms with van der Waals surface area (Å²) in [6.45, 7) is -0.138. The van der Waals surface area contributed by atoms with Gasteiger partial charge in [0.1, 0.15) is 22.4 Å². The Labute approximate surface area is 200 Å². The number of halogens is 5. The zero-order valence-corrected chi connectivity index (χ0v) is 19.5. The SMILES string of the molecule is COC(=O)c1nn(C)cc1NC(=O)c1ccc(COc2c(Cl)c(Cl)c(Cl)c(Cl)c2Cl)o1. The highest BCUT2D eigenvalue weighted by molar-refractivity contribution is 6.55. The molecule has 1 amide bonds. The van der Waals surface area contributed by atoms with Crippen LogP contribution in [0.2, 0.25) is 25.1 Å². The molecule has 0 aliphatic heterocycles. The van der Waals surface area contributed by atoms with Gasteiger partial charge in [0.05, 0.1) is 27.9 Å². The molecule has 0 atom stereocenters. The quantitative estimate of drug-likeness (QED) is 0.244. The molecule has 2 heterocycles. The number of anilines is 1. The van der Waals surface area contributed by atoms with Gasteiger partial charge in [-0.1, -0.05) is 58.0 Å². The molecule has 0 aliphatic rings. The van der Waals surface area contributed by atoms with E-state index in [9.17, 15) is 9.59 Å². The van der Waals surface area contributed by atoms with Gasteiger partial charge in [0.25, 0.3) is 5.91 Å². The number of nitrogens with zero attached hydrogens (tertiary/aromatic N) is 2. The highest BCUT2D eigenvalue weighted by atomic mass is 35.5. The normalized spacial score (nSPS) is 10.8. The number of amides is 1. The predicted molar refractivity (Wildman–Crippen MR) is 117 cm³/mol. The van der Waals surface area contributed by atoms with Crippen molar-refractivity contribution in [1.82, 2.24) is 9.78 Å². The first-order valence-electron chi connectivity index (χ1n) is 8.30. The van der Waals surface area contributed by atoms with E-state index in [-0.39, 0.29) is 60.4 Å². The molecule has 3 rings (SSSR count). The number of furan rings is 1. The van der Waals surface area contributed by atoms with Crippen LogP contribution in [-0.2, 0) is 18.4 Å². The first-order chi connectivity index (χ1) is 14.6. The minimum atomic E-state index is -0.696. The van der Waals surface area contributed by atoms with E-state index in [1.807, 2.05) is 0 Å². The van der Waals surface area contributed by atoms with Crippen molar-refractivity contribution >= 4 is 75.6 Å². The van der Waals surface area contributed by atoms with Gasteiger partial charge in [0.2, 0.25) is 0 Å². The highest BCUT2D eigenvalue weighted by Crippen LogP contribution is 2.48. The molecule has 0 aliphatic carbocycles. The first-order valence-corrected chi connectivity index (χ1v) is 10.2. The van der Waals surface area contributed by atoms with Gasteiger partial charge in [-0.3, -0.25) is 9.48 Å². The molecule has 8 nitrogen and oxygen atoms in total. The topological polar surface area (TPSA) is 95.6 Å². The van der Waals surface area contributed by atoms with Crippen molar-refractivity contribution in [2.24, 2.45) is 7.05 Å². The van der Waals surface area contributed by atoms with E-state index >= 15 is 0 Å². The maximum atomic E-state index is 12.5. The summed E-state index contributed by atoms with van der Waals surface area (Å²) in [6.07, 6.45) is 1.45. The van der Waals surface area contributed by atoms with Gasteiger partial charge >= 0.3 is 5.97 Å². The van der Waals surface area contributed by atoms with Crippen molar-refractivity contribution in [2.45, 2.75) is 6.61 Å². The van der Waals surface area contributed by atoms with Gasteiger partial charge in [-0.25, -0.2) is 4.79 Å². The summed E-state index contributed by atoms with van der Waals surface area (Å²) in [5.74, 6) is -1.05. The Hall–Kier alpha value is -2.10. The molecular formula is C18H12Cl5N3O5. The lowest BCUT2D eigenvalue weighted by atomic mass is 10.3. The smallest absolute Gasteiger partial charge is 0.360 e. The Kier molecular flexibility index (Phi) is 7.28. The molecule has 0 radical (unpaired) electrons. The number of carbonyl (C=O) groups excluding carboxylic acids is 2. The Balaban J connectivity index is 1.73. The van der Waals surface area contributed by atoms with E-state index in [0.29, 0.717) is 0 Å². The molecule has 0 bridgehead atoms. The molecule has 31 heavy (non-hydrogen) atoms. The number of hydrogen-bond acceptors (Lipinski definition) is 6. The molecule has 164 valence electrons. The number of methoxy groups -OCH3 is 1. The highest BCUT2D eigenvalue weighted by Gasteiger charge is 2.22. The average Bonchev–Trinajstić information content (AvgIpc) is 3.36. The number of rotatable bonds is 6. The summed E-state index contributed by atoms with van der Waals surface area (Å²) in [7, 11) is 2.80. The van der Waals surface area contributed by atoms with Gasteiger partial charge in [0.15, 0.2) is 17.2 Å². The number of esters is 1. The molecule has 0 spiro atoms. The molecular weight excluding hydrogens is 515 g/mol. The van der Waals surface area contributed by atoms with Crippen molar-refractivity contribution in [1.29, 1.82) is 0 Å². The third-order valence-corrected chi connectivity index (χ3v) is 6.11. The van der Waals surface area contributed by atoms with E-state index in [4.69, 9.17) is 67.2 Å². The predicted octanol–water partition coefficient (Wildman–Crippen LogP) is 5.90. The Morgan fingerprint density at radius 1 is 1.06 bits per heavy atom. The number of carbonyl (C=O) groups is 2. The van der Waals surface area contributed by atoms with Crippen LogP contribution in [0.3, 0.4) is 0 Å². The number of aromatic nitrogens is 2. The molecule has 2 aromatic heterocycles. The minimum Gasteiger partial charge on any atom is -0.482 e. The van der Waals surface area contributed by atoms with Crippen molar-refractivity contribution in [3.05, 3.63) is 60.7 Å².